The maximum absolute atomic E-state index is 14.1. The van der Waals surface area contributed by atoms with E-state index in [0.717, 1.165) is 12.1 Å². The van der Waals surface area contributed by atoms with Gasteiger partial charge in [-0.3, -0.25) is 9.59 Å². The van der Waals surface area contributed by atoms with E-state index in [1.54, 1.807) is 31.2 Å². The number of amides is 2. The highest BCUT2D eigenvalue weighted by Crippen LogP contribution is 2.21. The molecular formula is C21H21FN4O4. The number of aryl methyl sites for hydroxylation is 1. The summed E-state index contributed by atoms with van der Waals surface area (Å²) in [5.41, 5.74) is 0.862. The van der Waals surface area contributed by atoms with Crippen molar-refractivity contribution in [1.82, 2.24) is 15.1 Å². The summed E-state index contributed by atoms with van der Waals surface area (Å²) in [6.45, 7) is 1.71. The topological polar surface area (TPSA) is 97.6 Å². The van der Waals surface area contributed by atoms with Gasteiger partial charge in [-0.25, -0.2) is 4.39 Å². The van der Waals surface area contributed by atoms with Gasteiger partial charge < -0.3 is 19.4 Å². The smallest absolute Gasteiger partial charge is 0.258 e. The Kier molecular flexibility index (Phi) is 6.53. The maximum Gasteiger partial charge on any atom is 0.258 e. The molecule has 0 aliphatic carbocycles. The number of carbonyl (C=O) groups is 2. The molecule has 30 heavy (non-hydrogen) atoms. The normalized spacial score (nSPS) is 11.7. The Labute approximate surface area is 172 Å². The van der Waals surface area contributed by atoms with Crippen molar-refractivity contribution in [3.63, 3.8) is 0 Å². The molecule has 9 heteroatoms. The Hall–Kier alpha value is -3.59. The fourth-order valence-corrected chi connectivity index (χ4v) is 2.91. The molecule has 1 aromatic heterocycles. The number of nitrogens with zero attached hydrogens (tertiary/aromatic N) is 3. The largest absolute Gasteiger partial charge is 0.424 e. The van der Waals surface area contributed by atoms with Crippen LogP contribution < -0.4 is 5.32 Å². The average Bonchev–Trinajstić information content (AvgIpc) is 3.12. The third kappa shape index (κ3) is 5.06. The molecule has 3 rings (SSSR count). The number of benzene rings is 2. The fourth-order valence-electron chi connectivity index (χ4n) is 2.91. The molecule has 0 aliphatic rings. The summed E-state index contributed by atoms with van der Waals surface area (Å²) in [7, 11) is 2.94. The van der Waals surface area contributed by atoms with Crippen molar-refractivity contribution in [3.05, 3.63) is 77.3 Å². The van der Waals surface area contributed by atoms with Crippen molar-refractivity contribution < 1.29 is 23.1 Å². The van der Waals surface area contributed by atoms with Gasteiger partial charge in [0, 0.05) is 32.3 Å². The molecule has 1 heterocycles. The molecule has 1 N–H and O–H groups in total. The van der Waals surface area contributed by atoms with E-state index in [1.165, 1.54) is 25.1 Å². The van der Waals surface area contributed by atoms with Crippen LogP contribution in [-0.2, 0) is 16.1 Å². The number of aromatic nitrogens is 2. The lowest BCUT2D eigenvalue weighted by atomic mass is 10.1. The minimum atomic E-state index is -0.878. The second kappa shape index (κ2) is 9.27. The van der Waals surface area contributed by atoms with E-state index in [1.807, 2.05) is 6.07 Å². The lowest BCUT2D eigenvalue weighted by Crippen LogP contribution is -2.27. The molecule has 0 aliphatic heterocycles. The average molecular weight is 412 g/mol. The maximum atomic E-state index is 14.1. The van der Waals surface area contributed by atoms with Crippen molar-refractivity contribution >= 4 is 17.5 Å². The molecule has 0 radical (unpaired) electrons. The Morgan fingerprint density at radius 2 is 1.93 bits per heavy atom. The molecule has 1 atom stereocenters. The van der Waals surface area contributed by atoms with E-state index in [2.05, 4.69) is 15.5 Å². The van der Waals surface area contributed by atoms with Gasteiger partial charge in [0.2, 0.25) is 11.8 Å². The molecule has 1 unspecified atom stereocenters. The number of halogens is 1. The van der Waals surface area contributed by atoms with Crippen LogP contribution in [0, 0.1) is 12.7 Å². The van der Waals surface area contributed by atoms with Gasteiger partial charge in [0.25, 0.3) is 11.8 Å². The summed E-state index contributed by atoms with van der Waals surface area (Å²) in [6, 6.07) is 12.5. The second-order valence-corrected chi connectivity index (χ2v) is 6.62. The van der Waals surface area contributed by atoms with Crippen molar-refractivity contribution in [1.29, 1.82) is 0 Å². The van der Waals surface area contributed by atoms with E-state index < -0.39 is 23.7 Å². The SMILES string of the molecule is COC(C(=O)Nc1cc(F)cc(C(=O)N(C)Cc2nnc(C)o2)c1)c1ccccc1. The zero-order chi connectivity index (χ0) is 21.7. The van der Waals surface area contributed by atoms with Crippen molar-refractivity contribution in [3.8, 4) is 0 Å². The lowest BCUT2D eigenvalue weighted by molar-refractivity contribution is -0.126. The van der Waals surface area contributed by atoms with Crippen LogP contribution in [0.5, 0.6) is 0 Å². The first-order valence-electron chi connectivity index (χ1n) is 9.11. The molecule has 8 nitrogen and oxygen atoms in total. The predicted molar refractivity (Wildman–Crippen MR) is 106 cm³/mol. The van der Waals surface area contributed by atoms with Crippen LogP contribution in [-0.4, -0.2) is 41.1 Å². The first-order valence-corrected chi connectivity index (χ1v) is 9.11. The molecule has 2 amide bonds. The number of anilines is 1. The van der Waals surface area contributed by atoms with Crippen LogP contribution in [0.1, 0.15) is 33.8 Å². The molecule has 3 aromatic rings. The Balaban J connectivity index is 1.75. The third-order valence-corrected chi connectivity index (χ3v) is 4.28. The van der Waals surface area contributed by atoms with Gasteiger partial charge in [-0.2, -0.15) is 0 Å². The number of nitrogens with one attached hydrogen (secondary N) is 1. The molecule has 0 fully saturated rings. The molecule has 0 bridgehead atoms. The van der Waals surface area contributed by atoms with E-state index >= 15 is 0 Å². The van der Waals surface area contributed by atoms with Crippen molar-refractivity contribution in [2.24, 2.45) is 0 Å². The molecule has 0 saturated carbocycles. The first-order chi connectivity index (χ1) is 14.4. The minimum absolute atomic E-state index is 0.0671. The van der Waals surface area contributed by atoms with Gasteiger partial charge in [-0.15, -0.1) is 10.2 Å². The highest BCUT2D eigenvalue weighted by atomic mass is 19.1. The summed E-state index contributed by atoms with van der Waals surface area (Å²) >= 11 is 0. The number of ether oxygens (including phenoxy) is 1. The van der Waals surface area contributed by atoms with Crippen LogP contribution in [0.25, 0.3) is 0 Å². The quantitative estimate of drug-likeness (QED) is 0.640. The van der Waals surface area contributed by atoms with Gasteiger partial charge in [0.1, 0.15) is 5.82 Å². The summed E-state index contributed by atoms with van der Waals surface area (Å²) < 4.78 is 24.7. The van der Waals surface area contributed by atoms with Crippen LogP contribution in [0.3, 0.4) is 0 Å². The Morgan fingerprint density at radius 1 is 1.20 bits per heavy atom. The van der Waals surface area contributed by atoms with Gasteiger partial charge in [-0.05, 0) is 23.8 Å². The lowest BCUT2D eigenvalue weighted by Gasteiger charge is -2.18. The van der Waals surface area contributed by atoms with Gasteiger partial charge in [0.05, 0.1) is 6.54 Å². The van der Waals surface area contributed by atoms with E-state index in [4.69, 9.17) is 9.15 Å². The van der Waals surface area contributed by atoms with Gasteiger partial charge in [0.15, 0.2) is 6.10 Å². The standard InChI is InChI=1S/C21H21FN4O4/c1-13-24-25-18(30-13)12-26(2)21(28)15-9-16(22)11-17(10-15)23-20(27)19(29-3)14-7-5-4-6-8-14/h4-11,19H,12H2,1-3H3,(H,23,27). The number of carbonyl (C=O) groups excluding carboxylic acids is 2. The van der Waals surface area contributed by atoms with Crippen molar-refractivity contribution in [2.45, 2.75) is 19.6 Å². The molecule has 0 spiro atoms. The molecular weight excluding hydrogens is 391 g/mol. The van der Waals surface area contributed by atoms with Crippen molar-refractivity contribution in [2.75, 3.05) is 19.5 Å². The Bertz CT molecular complexity index is 1040. The summed E-state index contributed by atoms with van der Waals surface area (Å²) in [6.07, 6.45) is -0.878. The number of methoxy groups -OCH3 is 1. The Morgan fingerprint density at radius 3 is 2.57 bits per heavy atom. The summed E-state index contributed by atoms with van der Waals surface area (Å²) in [5, 5.41) is 10.2. The first kappa shape index (κ1) is 21.1. The predicted octanol–water partition coefficient (Wildman–Crippen LogP) is 3.12. The monoisotopic (exact) mass is 412 g/mol. The third-order valence-electron chi connectivity index (χ3n) is 4.28. The van der Waals surface area contributed by atoms with Crippen LogP contribution in [0.4, 0.5) is 10.1 Å². The zero-order valence-electron chi connectivity index (χ0n) is 16.8. The number of hydrogen-bond acceptors (Lipinski definition) is 6. The van der Waals surface area contributed by atoms with Crippen LogP contribution >= 0.6 is 0 Å². The molecule has 156 valence electrons. The zero-order valence-corrected chi connectivity index (χ0v) is 16.8. The minimum Gasteiger partial charge on any atom is -0.424 e. The fraction of sp³-hybridized carbons (Fsp3) is 0.238. The van der Waals surface area contributed by atoms with Crippen LogP contribution in [0.15, 0.2) is 52.9 Å². The van der Waals surface area contributed by atoms with Gasteiger partial charge in [-0.1, -0.05) is 30.3 Å². The number of rotatable bonds is 7. The van der Waals surface area contributed by atoms with Gasteiger partial charge >= 0.3 is 0 Å². The highest BCUT2D eigenvalue weighted by molar-refractivity contribution is 5.98. The van der Waals surface area contributed by atoms with E-state index in [0.29, 0.717) is 11.5 Å². The second-order valence-electron chi connectivity index (χ2n) is 6.62. The summed E-state index contributed by atoms with van der Waals surface area (Å²) in [4.78, 5) is 26.6. The van der Waals surface area contributed by atoms with Crippen LogP contribution in [0.2, 0.25) is 0 Å². The molecule has 0 saturated heterocycles. The summed E-state index contributed by atoms with van der Waals surface area (Å²) in [5.74, 6) is -0.965. The molecule has 2 aromatic carbocycles. The van der Waals surface area contributed by atoms with E-state index in [9.17, 15) is 14.0 Å². The highest BCUT2D eigenvalue weighted by Gasteiger charge is 2.21. The number of hydrogen-bond donors (Lipinski definition) is 1. The van der Waals surface area contributed by atoms with E-state index in [-0.39, 0.29) is 23.7 Å².